The fraction of sp³-hybridized carbons (Fsp3) is 0.458. The van der Waals surface area contributed by atoms with E-state index in [1.165, 1.54) is 5.69 Å². The van der Waals surface area contributed by atoms with Crippen molar-refractivity contribution < 1.29 is 24.1 Å². The van der Waals surface area contributed by atoms with Crippen LogP contribution >= 0.6 is 0 Å². The maximum Gasteiger partial charge on any atom is 0.193 e. The molecule has 32 heavy (non-hydrogen) atoms. The van der Waals surface area contributed by atoms with Crippen LogP contribution in [0.2, 0.25) is 0 Å². The molecule has 4 atom stereocenters. The molecule has 1 aromatic carbocycles. The lowest BCUT2D eigenvalue weighted by molar-refractivity contribution is 0.00794. The van der Waals surface area contributed by atoms with Crippen LogP contribution in [0, 0.1) is 6.92 Å². The summed E-state index contributed by atoms with van der Waals surface area (Å²) in [7, 11) is 0. The molecule has 8 heteroatoms. The molecule has 0 unspecified atom stereocenters. The summed E-state index contributed by atoms with van der Waals surface area (Å²) >= 11 is 0. The van der Waals surface area contributed by atoms with Gasteiger partial charge in [-0.3, -0.25) is 0 Å². The number of pyridine rings is 1. The summed E-state index contributed by atoms with van der Waals surface area (Å²) in [6, 6.07) is 12.6. The van der Waals surface area contributed by atoms with Crippen molar-refractivity contribution in [3.63, 3.8) is 0 Å². The minimum Gasteiger partial charge on any atom is -0.470 e. The van der Waals surface area contributed by atoms with Gasteiger partial charge in [-0.2, -0.15) is 0 Å². The summed E-state index contributed by atoms with van der Waals surface area (Å²) in [6.07, 6.45) is -1.39. The van der Waals surface area contributed by atoms with Crippen LogP contribution in [0.15, 0.2) is 36.4 Å². The maximum absolute atomic E-state index is 9.93. The molecule has 0 bridgehead atoms. The van der Waals surface area contributed by atoms with Crippen molar-refractivity contribution in [2.24, 2.45) is 0 Å². The Morgan fingerprint density at radius 3 is 2.66 bits per heavy atom. The van der Waals surface area contributed by atoms with Gasteiger partial charge < -0.3 is 33.9 Å². The van der Waals surface area contributed by atoms with Crippen LogP contribution in [-0.2, 0) is 14.2 Å². The van der Waals surface area contributed by atoms with E-state index in [9.17, 15) is 5.11 Å². The summed E-state index contributed by atoms with van der Waals surface area (Å²) in [6.45, 7) is 6.16. The molecule has 8 nitrogen and oxygen atoms in total. The molecule has 2 aromatic heterocycles. The van der Waals surface area contributed by atoms with Gasteiger partial charge in [0.15, 0.2) is 12.0 Å². The highest BCUT2D eigenvalue weighted by molar-refractivity contribution is 5.82. The Bertz CT molecular complexity index is 1110. The summed E-state index contributed by atoms with van der Waals surface area (Å²) in [5, 5.41) is 9.93. The van der Waals surface area contributed by atoms with E-state index in [0.717, 1.165) is 54.2 Å². The van der Waals surface area contributed by atoms with Gasteiger partial charge in [-0.05, 0) is 30.7 Å². The smallest absolute Gasteiger partial charge is 0.193 e. The molecule has 168 valence electrons. The second kappa shape index (κ2) is 8.04. The van der Waals surface area contributed by atoms with E-state index in [-0.39, 0.29) is 24.9 Å². The minimum atomic E-state index is -0.585. The lowest BCUT2D eigenvalue weighted by atomic mass is 10.1. The fourth-order valence-electron chi connectivity index (χ4n) is 4.85. The Morgan fingerprint density at radius 1 is 1.06 bits per heavy atom. The van der Waals surface area contributed by atoms with E-state index < -0.39 is 6.10 Å². The predicted octanol–water partition coefficient (Wildman–Crippen LogP) is 2.28. The number of rotatable bonds is 4. The molecule has 3 aliphatic heterocycles. The van der Waals surface area contributed by atoms with Crippen molar-refractivity contribution in [1.29, 1.82) is 0 Å². The van der Waals surface area contributed by atoms with Crippen LogP contribution in [0.3, 0.4) is 0 Å². The van der Waals surface area contributed by atoms with Crippen molar-refractivity contribution in [1.82, 2.24) is 9.97 Å². The summed E-state index contributed by atoms with van der Waals surface area (Å²) < 4.78 is 22.9. The Balaban J connectivity index is 1.23. The lowest BCUT2D eigenvalue weighted by Crippen LogP contribution is -2.36. The Labute approximate surface area is 186 Å². The number of aryl methyl sites for hydroxylation is 1. The first-order chi connectivity index (χ1) is 15.7. The van der Waals surface area contributed by atoms with E-state index in [1.54, 1.807) is 0 Å². The molecule has 0 radical (unpaired) electrons. The predicted molar refractivity (Wildman–Crippen MR) is 119 cm³/mol. The van der Waals surface area contributed by atoms with Crippen LogP contribution < -0.4 is 9.64 Å². The lowest BCUT2D eigenvalue weighted by Gasteiger charge is -2.28. The molecular weight excluding hydrogens is 410 g/mol. The number of aromatic nitrogens is 2. The van der Waals surface area contributed by atoms with Gasteiger partial charge in [-0.25, -0.2) is 4.98 Å². The zero-order chi connectivity index (χ0) is 21.7. The van der Waals surface area contributed by atoms with Crippen LogP contribution in [0.1, 0.15) is 5.56 Å². The number of anilines is 1. The quantitative estimate of drug-likeness (QED) is 0.647. The summed E-state index contributed by atoms with van der Waals surface area (Å²) in [5.74, 6) is 0.631. The SMILES string of the molecule is Cc1cc2[nH]c(O[C@@H]3CO[C@H]4[C@@H]3OC[C@H]4O)cc2nc1-c1ccc(N2CCOCC2)cc1. The largest absolute Gasteiger partial charge is 0.470 e. The number of aromatic amines is 1. The second-order valence-corrected chi connectivity index (χ2v) is 8.69. The normalized spacial score (nSPS) is 27.8. The molecular formula is C24H27N3O5. The van der Waals surface area contributed by atoms with E-state index >= 15 is 0 Å². The number of morpholine rings is 1. The van der Waals surface area contributed by atoms with Gasteiger partial charge in [-0.1, -0.05) is 12.1 Å². The topological polar surface area (TPSA) is 89.1 Å². The Hall–Kier alpha value is -2.65. The highest BCUT2D eigenvalue weighted by atomic mass is 16.6. The maximum atomic E-state index is 9.93. The molecule has 3 saturated heterocycles. The zero-order valence-electron chi connectivity index (χ0n) is 18.0. The second-order valence-electron chi connectivity index (χ2n) is 8.69. The van der Waals surface area contributed by atoms with E-state index in [4.69, 9.17) is 23.9 Å². The Kier molecular flexibility index (Phi) is 5.02. The van der Waals surface area contributed by atoms with Gasteiger partial charge in [-0.15, -0.1) is 0 Å². The van der Waals surface area contributed by atoms with Gasteiger partial charge in [0.05, 0.1) is 43.2 Å². The number of ether oxygens (including phenoxy) is 4. The van der Waals surface area contributed by atoms with Crippen LogP contribution in [-0.4, -0.2) is 79.0 Å². The molecule has 0 amide bonds. The highest BCUT2D eigenvalue weighted by Gasteiger charge is 2.48. The van der Waals surface area contributed by atoms with Crippen molar-refractivity contribution in [3.8, 4) is 17.1 Å². The van der Waals surface area contributed by atoms with Gasteiger partial charge in [0.1, 0.15) is 18.3 Å². The van der Waals surface area contributed by atoms with Crippen LogP contribution in [0.5, 0.6) is 5.88 Å². The number of aliphatic hydroxyl groups excluding tert-OH is 1. The number of aliphatic hydroxyl groups is 1. The molecule has 0 spiro atoms. The number of benzene rings is 1. The molecule has 0 saturated carbocycles. The third kappa shape index (κ3) is 3.53. The number of H-pyrrole nitrogens is 1. The molecule has 6 rings (SSSR count). The molecule has 2 N–H and O–H groups in total. The first-order valence-electron chi connectivity index (χ1n) is 11.2. The monoisotopic (exact) mass is 437 g/mol. The average molecular weight is 437 g/mol. The average Bonchev–Trinajstić information content (AvgIpc) is 3.51. The number of hydrogen-bond acceptors (Lipinski definition) is 7. The zero-order valence-corrected chi connectivity index (χ0v) is 18.0. The van der Waals surface area contributed by atoms with E-state index in [1.807, 2.05) is 6.07 Å². The van der Waals surface area contributed by atoms with Crippen molar-refractivity contribution in [3.05, 3.63) is 42.0 Å². The highest BCUT2D eigenvalue weighted by Crippen LogP contribution is 2.32. The number of nitrogens with zero attached hydrogens (tertiary/aromatic N) is 2. The van der Waals surface area contributed by atoms with Crippen LogP contribution in [0.25, 0.3) is 22.3 Å². The van der Waals surface area contributed by atoms with Gasteiger partial charge in [0.2, 0.25) is 0 Å². The Morgan fingerprint density at radius 2 is 1.84 bits per heavy atom. The molecule has 3 fully saturated rings. The van der Waals surface area contributed by atoms with Crippen molar-refractivity contribution in [2.75, 3.05) is 44.4 Å². The van der Waals surface area contributed by atoms with Crippen molar-refractivity contribution in [2.45, 2.75) is 31.3 Å². The number of nitrogens with one attached hydrogen (secondary N) is 1. The molecule has 3 aromatic rings. The third-order valence-corrected chi connectivity index (χ3v) is 6.55. The van der Waals surface area contributed by atoms with Gasteiger partial charge in [0, 0.05) is 30.4 Å². The molecule has 0 aliphatic carbocycles. The van der Waals surface area contributed by atoms with E-state index in [2.05, 4.69) is 47.1 Å². The first-order valence-corrected chi connectivity index (χ1v) is 11.2. The van der Waals surface area contributed by atoms with Crippen LogP contribution in [0.4, 0.5) is 5.69 Å². The number of hydrogen-bond donors (Lipinski definition) is 2. The van der Waals surface area contributed by atoms with Gasteiger partial charge in [0.25, 0.3) is 0 Å². The van der Waals surface area contributed by atoms with Gasteiger partial charge >= 0.3 is 0 Å². The third-order valence-electron chi connectivity index (χ3n) is 6.55. The standard InChI is InChI=1S/C24H27N3O5/c1-14-10-17-18(11-21(25-17)32-20-13-31-23-19(28)12-30-24(20)23)26-22(14)15-2-4-16(5-3-15)27-6-8-29-9-7-27/h2-5,10-11,19-20,23-25,28H,6-9,12-13H2,1H3/t19-,20-,23-,24-/m1/s1. The fourth-order valence-corrected chi connectivity index (χ4v) is 4.85. The minimum absolute atomic E-state index is 0.244. The van der Waals surface area contributed by atoms with E-state index in [0.29, 0.717) is 12.5 Å². The summed E-state index contributed by atoms with van der Waals surface area (Å²) in [4.78, 5) is 10.6. The van der Waals surface area contributed by atoms with Crippen molar-refractivity contribution >= 4 is 16.7 Å². The number of fused-ring (bicyclic) bond motifs is 2. The molecule has 5 heterocycles. The first kappa shape index (κ1) is 20.0. The summed E-state index contributed by atoms with van der Waals surface area (Å²) in [5.41, 5.74) is 6.13. The molecule has 3 aliphatic rings.